The first-order valence-electron chi connectivity index (χ1n) is 5.94. The molecule has 1 fully saturated rings. The summed E-state index contributed by atoms with van der Waals surface area (Å²) in [5, 5.41) is 7.35. The van der Waals surface area contributed by atoms with Crippen LogP contribution in [-0.4, -0.2) is 56.5 Å². The van der Waals surface area contributed by atoms with E-state index in [9.17, 15) is 0 Å². The first-order valence-corrected chi connectivity index (χ1v) is 6.35. The van der Waals surface area contributed by atoms with Gasteiger partial charge in [-0.25, -0.2) is 0 Å². The van der Waals surface area contributed by atoms with Gasteiger partial charge < -0.3 is 20.3 Å². The Kier molecular flexibility index (Phi) is 6.68. The summed E-state index contributed by atoms with van der Waals surface area (Å²) in [5.41, 5.74) is 0. The molecule has 0 aliphatic carbocycles. The standard InChI is InChI=1S/C11H23N3OS/c1-14-7-4-10(5-8-14)13-11(16)12-6-3-9-15-2/h10H,3-9H2,1-2H3,(H2,12,13,16). The summed E-state index contributed by atoms with van der Waals surface area (Å²) in [6.07, 6.45) is 3.35. The molecule has 0 atom stereocenters. The molecule has 1 aliphatic heterocycles. The predicted octanol–water partition coefficient (Wildman–Crippen LogP) is 0.581. The van der Waals surface area contributed by atoms with Crippen molar-refractivity contribution < 1.29 is 4.74 Å². The van der Waals surface area contributed by atoms with Crippen molar-refractivity contribution in [1.82, 2.24) is 15.5 Å². The zero-order chi connectivity index (χ0) is 11.8. The maximum Gasteiger partial charge on any atom is 0.166 e. The fourth-order valence-corrected chi connectivity index (χ4v) is 2.08. The van der Waals surface area contributed by atoms with Gasteiger partial charge in [0.25, 0.3) is 0 Å². The van der Waals surface area contributed by atoms with Gasteiger partial charge in [0.15, 0.2) is 5.11 Å². The lowest BCUT2D eigenvalue weighted by Gasteiger charge is -2.30. The van der Waals surface area contributed by atoms with Crippen LogP contribution < -0.4 is 10.6 Å². The third-order valence-electron chi connectivity index (χ3n) is 2.86. The maximum absolute atomic E-state index is 5.24. The number of thiocarbonyl (C=S) groups is 1. The second kappa shape index (κ2) is 7.81. The predicted molar refractivity (Wildman–Crippen MR) is 70.7 cm³/mol. The molecule has 1 heterocycles. The van der Waals surface area contributed by atoms with Crippen LogP contribution in [-0.2, 0) is 4.74 Å². The molecule has 1 saturated heterocycles. The molecule has 0 unspecified atom stereocenters. The Morgan fingerprint density at radius 2 is 2.12 bits per heavy atom. The smallest absolute Gasteiger partial charge is 0.166 e. The molecule has 16 heavy (non-hydrogen) atoms. The summed E-state index contributed by atoms with van der Waals surface area (Å²) in [4.78, 5) is 2.35. The Morgan fingerprint density at radius 3 is 2.75 bits per heavy atom. The molecule has 94 valence electrons. The quantitative estimate of drug-likeness (QED) is 0.547. The average molecular weight is 245 g/mol. The molecule has 0 spiro atoms. The third-order valence-corrected chi connectivity index (χ3v) is 3.13. The summed E-state index contributed by atoms with van der Waals surface area (Å²) in [7, 11) is 3.88. The van der Waals surface area contributed by atoms with Crippen LogP contribution in [0, 0.1) is 0 Å². The Labute approximate surface area is 104 Å². The Balaban J connectivity index is 2.05. The van der Waals surface area contributed by atoms with Gasteiger partial charge in [0.2, 0.25) is 0 Å². The summed E-state index contributed by atoms with van der Waals surface area (Å²) in [5.74, 6) is 0. The lowest BCUT2D eigenvalue weighted by atomic mass is 10.1. The van der Waals surface area contributed by atoms with Gasteiger partial charge in [0, 0.05) is 26.3 Å². The molecule has 0 bridgehead atoms. The fourth-order valence-electron chi connectivity index (χ4n) is 1.81. The van der Waals surface area contributed by atoms with Crippen molar-refractivity contribution in [3.05, 3.63) is 0 Å². The van der Waals surface area contributed by atoms with Crippen LogP contribution in [0.2, 0.25) is 0 Å². The van der Waals surface area contributed by atoms with Crippen LogP contribution >= 0.6 is 12.2 Å². The Morgan fingerprint density at radius 1 is 1.44 bits per heavy atom. The summed E-state index contributed by atoms with van der Waals surface area (Å²) < 4.78 is 4.98. The molecule has 0 aromatic heterocycles. The second-order valence-corrected chi connectivity index (χ2v) is 4.73. The van der Waals surface area contributed by atoms with E-state index in [-0.39, 0.29) is 0 Å². The number of methoxy groups -OCH3 is 1. The van der Waals surface area contributed by atoms with Crippen molar-refractivity contribution in [1.29, 1.82) is 0 Å². The molecule has 0 aromatic carbocycles. The molecule has 2 N–H and O–H groups in total. The average Bonchev–Trinajstić information content (AvgIpc) is 2.28. The second-order valence-electron chi connectivity index (χ2n) is 4.32. The van der Waals surface area contributed by atoms with E-state index in [0.29, 0.717) is 6.04 Å². The van der Waals surface area contributed by atoms with E-state index in [2.05, 4.69) is 22.6 Å². The number of piperidine rings is 1. The zero-order valence-electron chi connectivity index (χ0n) is 10.3. The van der Waals surface area contributed by atoms with Gasteiger partial charge in [-0.3, -0.25) is 0 Å². The minimum absolute atomic E-state index is 0.540. The highest BCUT2D eigenvalue weighted by molar-refractivity contribution is 7.80. The van der Waals surface area contributed by atoms with Crippen molar-refractivity contribution in [2.75, 3.05) is 40.4 Å². The van der Waals surface area contributed by atoms with Crippen LogP contribution in [0.3, 0.4) is 0 Å². The number of rotatable bonds is 5. The van der Waals surface area contributed by atoms with Gasteiger partial charge >= 0.3 is 0 Å². The zero-order valence-corrected chi connectivity index (χ0v) is 11.1. The van der Waals surface area contributed by atoms with Gasteiger partial charge in [-0.1, -0.05) is 0 Å². The lowest BCUT2D eigenvalue weighted by molar-refractivity contribution is 0.195. The molecular weight excluding hydrogens is 222 g/mol. The van der Waals surface area contributed by atoms with Gasteiger partial charge in [-0.05, 0) is 51.6 Å². The minimum Gasteiger partial charge on any atom is -0.385 e. The molecule has 0 saturated carbocycles. The third kappa shape index (κ3) is 5.63. The molecule has 1 aliphatic rings. The van der Waals surface area contributed by atoms with Crippen LogP contribution in [0.5, 0.6) is 0 Å². The molecular formula is C11H23N3OS. The van der Waals surface area contributed by atoms with E-state index < -0.39 is 0 Å². The molecule has 4 nitrogen and oxygen atoms in total. The topological polar surface area (TPSA) is 36.5 Å². The van der Waals surface area contributed by atoms with E-state index in [1.165, 1.54) is 12.8 Å². The first-order chi connectivity index (χ1) is 7.72. The SMILES string of the molecule is COCCCNC(=S)NC1CCN(C)CC1. The van der Waals surface area contributed by atoms with Gasteiger partial charge in [0.05, 0.1) is 0 Å². The monoisotopic (exact) mass is 245 g/mol. The van der Waals surface area contributed by atoms with Gasteiger partial charge in [0.1, 0.15) is 0 Å². The van der Waals surface area contributed by atoms with Crippen LogP contribution in [0.4, 0.5) is 0 Å². The molecule has 0 aromatic rings. The highest BCUT2D eigenvalue weighted by atomic mass is 32.1. The largest absolute Gasteiger partial charge is 0.385 e. The normalized spacial score (nSPS) is 18.4. The van der Waals surface area contributed by atoms with E-state index in [1.807, 2.05) is 0 Å². The number of nitrogens with zero attached hydrogens (tertiary/aromatic N) is 1. The highest BCUT2D eigenvalue weighted by Crippen LogP contribution is 2.07. The van der Waals surface area contributed by atoms with Crippen molar-refractivity contribution in [2.24, 2.45) is 0 Å². The number of hydrogen-bond acceptors (Lipinski definition) is 3. The highest BCUT2D eigenvalue weighted by Gasteiger charge is 2.16. The maximum atomic E-state index is 5.24. The van der Waals surface area contributed by atoms with Gasteiger partial charge in [-0.2, -0.15) is 0 Å². The lowest BCUT2D eigenvalue weighted by Crippen LogP contribution is -2.47. The van der Waals surface area contributed by atoms with E-state index in [1.54, 1.807) is 7.11 Å². The molecule has 1 rings (SSSR count). The molecule has 0 amide bonds. The van der Waals surface area contributed by atoms with E-state index >= 15 is 0 Å². The molecule has 0 radical (unpaired) electrons. The molecule has 5 heteroatoms. The summed E-state index contributed by atoms with van der Waals surface area (Å²) >= 11 is 5.24. The van der Waals surface area contributed by atoms with Crippen molar-refractivity contribution in [3.63, 3.8) is 0 Å². The number of likely N-dealkylation sites (tertiary alicyclic amines) is 1. The van der Waals surface area contributed by atoms with Crippen molar-refractivity contribution >= 4 is 17.3 Å². The van der Waals surface area contributed by atoms with Crippen LogP contribution in [0.15, 0.2) is 0 Å². The number of ether oxygens (including phenoxy) is 1. The number of nitrogens with one attached hydrogen (secondary N) is 2. The minimum atomic E-state index is 0.540. The van der Waals surface area contributed by atoms with Crippen LogP contribution in [0.1, 0.15) is 19.3 Å². The Bertz CT molecular complexity index is 205. The van der Waals surface area contributed by atoms with E-state index in [0.717, 1.165) is 37.8 Å². The fraction of sp³-hybridized carbons (Fsp3) is 0.909. The van der Waals surface area contributed by atoms with E-state index in [4.69, 9.17) is 17.0 Å². The Hall–Kier alpha value is -0.390. The number of hydrogen-bond donors (Lipinski definition) is 2. The first kappa shape index (κ1) is 13.7. The summed E-state index contributed by atoms with van der Waals surface area (Å²) in [6, 6.07) is 0.540. The van der Waals surface area contributed by atoms with Crippen molar-refractivity contribution in [3.8, 4) is 0 Å². The van der Waals surface area contributed by atoms with Crippen LogP contribution in [0.25, 0.3) is 0 Å². The van der Waals surface area contributed by atoms with Crippen molar-refractivity contribution in [2.45, 2.75) is 25.3 Å². The summed E-state index contributed by atoms with van der Waals surface area (Å²) in [6.45, 7) is 3.98. The van der Waals surface area contributed by atoms with Gasteiger partial charge in [-0.15, -0.1) is 0 Å².